The first-order valence-electron chi connectivity index (χ1n) is 11.2. The number of ether oxygens (including phenoxy) is 1. The van der Waals surface area contributed by atoms with Crippen molar-refractivity contribution < 1.29 is 14.3 Å². The second kappa shape index (κ2) is 10.3. The molecule has 1 fully saturated rings. The minimum Gasteiger partial charge on any atom is -0.496 e. The summed E-state index contributed by atoms with van der Waals surface area (Å²) < 4.78 is 5.41. The number of nitrogens with zero attached hydrogens (tertiary/aromatic N) is 3. The van der Waals surface area contributed by atoms with Crippen LogP contribution in [-0.2, 0) is 22.4 Å². The van der Waals surface area contributed by atoms with Gasteiger partial charge in [-0.2, -0.15) is 0 Å². The third kappa shape index (κ3) is 5.22. The summed E-state index contributed by atoms with van der Waals surface area (Å²) in [5.74, 6) is 0.767. The third-order valence-electron chi connectivity index (χ3n) is 6.20. The number of aromatic nitrogens is 1. The highest BCUT2D eigenvalue weighted by atomic mass is 16.5. The van der Waals surface area contributed by atoms with Crippen LogP contribution in [0.25, 0.3) is 11.1 Å². The lowest BCUT2D eigenvalue weighted by atomic mass is 9.97. The van der Waals surface area contributed by atoms with E-state index < -0.39 is 6.04 Å². The molecule has 1 unspecified atom stereocenters. The summed E-state index contributed by atoms with van der Waals surface area (Å²) in [6, 6.07) is 19.3. The number of carbonyl (C=O) groups is 2. The van der Waals surface area contributed by atoms with Gasteiger partial charge in [0.05, 0.1) is 7.11 Å². The first kappa shape index (κ1) is 22.5. The number of benzene rings is 2. The molecule has 1 aliphatic heterocycles. The topological polar surface area (TPSA) is 62.7 Å². The number of likely N-dealkylation sites (N-methyl/N-ethyl adjacent to an activating group) is 1. The zero-order valence-electron chi connectivity index (χ0n) is 19.1. The monoisotopic (exact) mass is 443 g/mol. The summed E-state index contributed by atoms with van der Waals surface area (Å²) in [4.78, 5) is 33.9. The molecule has 6 heteroatoms. The molecule has 170 valence electrons. The van der Waals surface area contributed by atoms with Crippen molar-refractivity contribution in [3.8, 4) is 16.9 Å². The lowest BCUT2D eigenvalue weighted by Gasteiger charge is -2.39. The maximum absolute atomic E-state index is 13.2. The van der Waals surface area contributed by atoms with Gasteiger partial charge in [0.1, 0.15) is 11.8 Å². The minimum absolute atomic E-state index is 0.00218. The number of methoxy groups -OCH3 is 1. The number of rotatable bonds is 7. The maximum atomic E-state index is 13.2. The van der Waals surface area contributed by atoms with Gasteiger partial charge in [-0.3, -0.25) is 14.6 Å². The summed E-state index contributed by atoms with van der Waals surface area (Å²) >= 11 is 0. The van der Waals surface area contributed by atoms with Crippen LogP contribution in [0.1, 0.15) is 17.5 Å². The number of pyridine rings is 1. The molecule has 0 spiro atoms. The van der Waals surface area contributed by atoms with Gasteiger partial charge < -0.3 is 14.5 Å². The van der Waals surface area contributed by atoms with Gasteiger partial charge in [-0.25, -0.2) is 0 Å². The van der Waals surface area contributed by atoms with E-state index in [1.807, 2.05) is 54.6 Å². The first-order chi connectivity index (χ1) is 16.1. The third-order valence-corrected chi connectivity index (χ3v) is 6.20. The Hall–Kier alpha value is -3.67. The molecule has 6 nitrogen and oxygen atoms in total. The molecule has 1 aromatic heterocycles. The van der Waals surface area contributed by atoms with Crippen LogP contribution in [-0.4, -0.2) is 59.9 Å². The summed E-state index contributed by atoms with van der Waals surface area (Å²) in [6.07, 6.45) is 4.94. The first-order valence-corrected chi connectivity index (χ1v) is 11.2. The highest BCUT2D eigenvalue weighted by Crippen LogP contribution is 2.24. The van der Waals surface area contributed by atoms with Crippen molar-refractivity contribution >= 4 is 11.8 Å². The van der Waals surface area contributed by atoms with Gasteiger partial charge in [-0.15, -0.1) is 0 Å². The van der Waals surface area contributed by atoms with Gasteiger partial charge >= 0.3 is 0 Å². The summed E-state index contributed by atoms with van der Waals surface area (Å²) in [6.45, 7) is 1.09. The van der Waals surface area contributed by atoms with Crippen molar-refractivity contribution in [3.63, 3.8) is 0 Å². The highest BCUT2D eigenvalue weighted by molar-refractivity contribution is 5.89. The van der Waals surface area contributed by atoms with Gasteiger partial charge in [0.25, 0.3) is 0 Å². The van der Waals surface area contributed by atoms with Crippen LogP contribution in [0.3, 0.4) is 0 Å². The average molecular weight is 444 g/mol. The van der Waals surface area contributed by atoms with E-state index in [0.717, 1.165) is 28.0 Å². The normalized spacial score (nSPS) is 16.1. The predicted octanol–water partition coefficient (Wildman–Crippen LogP) is 3.60. The summed E-state index contributed by atoms with van der Waals surface area (Å²) in [5, 5.41) is 0. The maximum Gasteiger partial charge on any atom is 0.245 e. The Bertz CT molecular complexity index is 1120. The Kier molecular flexibility index (Phi) is 7.03. The molecule has 0 radical (unpaired) electrons. The molecule has 2 aromatic carbocycles. The summed E-state index contributed by atoms with van der Waals surface area (Å²) in [7, 11) is 3.44. The molecular weight excluding hydrogens is 414 g/mol. The number of carbonyl (C=O) groups excluding carboxylic acids is 2. The van der Waals surface area contributed by atoms with Crippen LogP contribution in [0.15, 0.2) is 73.1 Å². The van der Waals surface area contributed by atoms with Gasteiger partial charge in [-0.05, 0) is 46.9 Å². The van der Waals surface area contributed by atoms with E-state index >= 15 is 0 Å². The van der Waals surface area contributed by atoms with E-state index in [-0.39, 0.29) is 11.8 Å². The van der Waals surface area contributed by atoms with Crippen LogP contribution in [0.2, 0.25) is 0 Å². The van der Waals surface area contributed by atoms with Crippen molar-refractivity contribution in [1.29, 1.82) is 0 Å². The average Bonchev–Trinajstić information content (AvgIpc) is 2.86. The van der Waals surface area contributed by atoms with E-state index in [0.29, 0.717) is 32.4 Å². The van der Waals surface area contributed by atoms with Gasteiger partial charge in [0.2, 0.25) is 11.8 Å². The Morgan fingerprint density at radius 2 is 1.82 bits per heavy atom. The number of piperazine rings is 1. The van der Waals surface area contributed by atoms with E-state index in [9.17, 15) is 9.59 Å². The standard InChI is InChI=1S/C27H29N3O3/c1-29-16-17-30(26(31)11-10-22-7-3-4-9-25(22)33-2)24(27(29)32)19-20-6-5-8-23(18-20)21-12-14-28-15-13-21/h3-9,12-15,18,24H,10-11,16-17,19H2,1-2H3. The van der Waals surface area contributed by atoms with Gasteiger partial charge in [0.15, 0.2) is 0 Å². The molecule has 1 atom stereocenters. The molecule has 3 aromatic rings. The second-order valence-corrected chi connectivity index (χ2v) is 8.31. The molecule has 0 saturated carbocycles. The molecule has 2 heterocycles. The molecule has 1 aliphatic rings. The van der Waals surface area contributed by atoms with Crippen molar-refractivity contribution in [2.24, 2.45) is 0 Å². The fourth-order valence-electron chi connectivity index (χ4n) is 4.35. The van der Waals surface area contributed by atoms with Crippen molar-refractivity contribution in [2.75, 3.05) is 27.2 Å². The van der Waals surface area contributed by atoms with Crippen molar-refractivity contribution in [2.45, 2.75) is 25.3 Å². The van der Waals surface area contributed by atoms with Gasteiger partial charge in [0, 0.05) is 45.4 Å². The fourth-order valence-corrected chi connectivity index (χ4v) is 4.35. The number of hydrogen-bond donors (Lipinski definition) is 0. The number of amides is 2. The van der Waals surface area contributed by atoms with Crippen LogP contribution in [0.4, 0.5) is 0 Å². The van der Waals surface area contributed by atoms with E-state index in [1.165, 1.54) is 0 Å². The van der Waals surface area contributed by atoms with Gasteiger partial charge in [-0.1, -0.05) is 42.5 Å². The Balaban J connectivity index is 1.51. The smallest absolute Gasteiger partial charge is 0.245 e. The minimum atomic E-state index is -0.499. The zero-order chi connectivity index (χ0) is 23.2. The van der Waals surface area contributed by atoms with E-state index in [2.05, 4.69) is 11.1 Å². The number of para-hydroxylation sites is 1. The van der Waals surface area contributed by atoms with Crippen molar-refractivity contribution in [1.82, 2.24) is 14.8 Å². The molecule has 0 aliphatic carbocycles. The number of hydrogen-bond acceptors (Lipinski definition) is 4. The van der Waals surface area contributed by atoms with Crippen LogP contribution in [0, 0.1) is 0 Å². The lowest BCUT2D eigenvalue weighted by Crippen LogP contribution is -2.58. The fraction of sp³-hybridized carbons (Fsp3) is 0.296. The Morgan fingerprint density at radius 3 is 2.61 bits per heavy atom. The second-order valence-electron chi connectivity index (χ2n) is 8.31. The van der Waals surface area contributed by atoms with Crippen LogP contribution < -0.4 is 4.74 Å². The van der Waals surface area contributed by atoms with Crippen LogP contribution in [0.5, 0.6) is 5.75 Å². The molecule has 33 heavy (non-hydrogen) atoms. The molecular formula is C27H29N3O3. The molecule has 0 N–H and O–H groups in total. The Labute approximate surface area is 194 Å². The predicted molar refractivity (Wildman–Crippen MR) is 128 cm³/mol. The Morgan fingerprint density at radius 1 is 1.03 bits per heavy atom. The molecule has 1 saturated heterocycles. The molecule has 2 amide bonds. The van der Waals surface area contributed by atoms with Crippen molar-refractivity contribution in [3.05, 3.63) is 84.2 Å². The lowest BCUT2D eigenvalue weighted by molar-refractivity contribution is -0.150. The largest absolute Gasteiger partial charge is 0.496 e. The zero-order valence-corrected chi connectivity index (χ0v) is 19.1. The SMILES string of the molecule is COc1ccccc1CCC(=O)N1CCN(C)C(=O)C1Cc1cccc(-c2ccncc2)c1. The van der Waals surface area contributed by atoms with E-state index in [4.69, 9.17) is 4.74 Å². The van der Waals surface area contributed by atoms with Crippen LogP contribution >= 0.6 is 0 Å². The highest BCUT2D eigenvalue weighted by Gasteiger charge is 2.35. The number of aryl methyl sites for hydroxylation is 1. The molecule has 0 bridgehead atoms. The quantitative estimate of drug-likeness (QED) is 0.560. The molecule has 4 rings (SSSR count). The summed E-state index contributed by atoms with van der Waals surface area (Å²) in [5.41, 5.74) is 4.17. The van der Waals surface area contributed by atoms with E-state index in [1.54, 1.807) is 36.4 Å².